The van der Waals surface area contributed by atoms with Gasteiger partial charge in [0.2, 0.25) is 0 Å². The van der Waals surface area contributed by atoms with Crippen LogP contribution in [-0.2, 0) is 20.0 Å². The van der Waals surface area contributed by atoms with Gasteiger partial charge < -0.3 is 25.4 Å². The number of aromatic nitrogens is 2. The van der Waals surface area contributed by atoms with Gasteiger partial charge in [0.1, 0.15) is 18.5 Å². The summed E-state index contributed by atoms with van der Waals surface area (Å²) in [5.74, 6) is -0.913. The van der Waals surface area contributed by atoms with Gasteiger partial charge in [-0.25, -0.2) is 9.59 Å². The quantitative estimate of drug-likeness (QED) is 0.434. The Morgan fingerprint density at radius 3 is 3.00 bits per heavy atom. The van der Waals surface area contributed by atoms with Crippen LogP contribution in [0.3, 0.4) is 0 Å². The number of ether oxygens (including phenoxy) is 2. The lowest BCUT2D eigenvalue weighted by Gasteiger charge is -2.28. The molecular formula is C13H17N3O6. The molecule has 22 heavy (non-hydrogen) atoms. The van der Waals surface area contributed by atoms with E-state index in [2.05, 4.69) is 11.6 Å². The molecule has 0 spiro atoms. The van der Waals surface area contributed by atoms with Crippen LogP contribution >= 0.6 is 0 Å². The van der Waals surface area contributed by atoms with E-state index < -0.39 is 36.2 Å². The van der Waals surface area contributed by atoms with E-state index in [0.29, 0.717) is 0 Å². The van der Waals surface area contributed by atoms with Crippen LogP contribution < -0.4 is 11.4 Å². The molecule has 0 radical (unpaired) electrons. The zero-order valence-electron chi connectivity index (χ0n) is 11.7. The third kappa shape index (κ3) is 2.73. The number of nitrogens with zero attached hydrogens (tertiary/aromatic N) is 2. The Morgan fingerprint density at radius 1 is 1.73 bits per heavy atom. The van der Waals surface area contributed by atoms with Crippen LogP contribution in [0.1, 0.15) is 6.42 Å². The number of aliphatic hydroxyl groups is 2. The van der Waals surface area contributed by atoms with E-state index in [1.807, 2.05) is 0 Å². The summed E-state index contributed by atoms with van der Waals surface area (Å²) in [6.45, 7) is 2.81. The maximum absolute atomic E-state index is 12.4. The average Bonchev–Trinajstić information content (AvgIpc) is 2.82. The molecule has 2 rings (SSSR count). The van der Waals surface area contributed by atoms with Gasteiger partial charge >= 0.3 is 11.7 Å². The summed E-state index contributed by atoms with van der Waals surface area (Å²) >= 11 is 0. The molecule has 3 atom stereocenters. The van der Waals surface area contributed by atoms with Crippen molar-refractivity contribution in [3.8, 4) is 0 Å². The fraction of sp³-hybridized carbons (Fsp3) is 0.462. The van der Waals surface area contributed by atoms with Crippen molar-refractivity contribution in [2.45, 2.75) is 24.4 Å². The summed E-state index contributed by atoms with van der Waals surface area (Å²) in [6, 6.07) is 1.31. The first kappa shape index (κ1) is 16.1. The molecule has 1 aliphatic heterocycles. The minimum atomic E-state index is -1.91. The number of nitrogen functional groups attached to an aromatic ring is 1. The maximum atomic E-state index is 12.4. The molecule has 1 fully saturated rings. The van der Waals surface area contributed by atoms with Crippen molar-refractivity contribution < 1.29 is 24.5 Å². The van der Waals surface area contributed by atoms with Crippen molar-refractivity contribution in [2.75, 3.05) is 18.9 Å². The number of hydrogen-bond acceptors (Lipinski definition) is 8. The first-order valence-corrected chi connectivity index (χ1v) is 6.55. The lowest BCUT2D eigenvalue weighted by Crippen LogP contribution is -2.49. The summed E-state index contributed by atoms with van der Waals surface area (Å²) in [6.07, 6.45) is 0.141. The Balaban J connectivity index is 2.49. The van der Waals surface area contributed by atoms with Gasteiger partial charge in [0.05, 0.1) is 12.7 Å². The second-order valence-electron chi connectivity index (χ2n) is 4.79. The molecule has 1 aromatic heterocycles. The van der Waals surface area contributed by atoms with Gasteiger partial charge in [-0.05, 0) is 6.07 Å². The predicted octanol–water partition coefficient (Wildman–Crippen LogP) is -1.65. The molecule has 9 nitrogen and oxygen atoms in total. The topological polar surface area (TPSA) is 137 Å². The first-order valence-electron chi connectivity index (χ1n) is 6.55. The molecule has 1 aliphatic rings. The smallest absolute Gasteiger partial charge is 0.360 e. The molecule has 1 aromatic rings. The van der Waals surface area contributed by atoms with Gasteiger partial charge in [-0.2, -0.15) is 4.98 Å². The normalized spacial score (nSPS) is 27.5. The molecule has 4 N–H and O–H groups in total. The van der Waals surface area contributed by atoms with Crippen LogP contribution in [0.5, 0.6) is 0 Å². The van der Waals surface area contributed by atoms with Crippen molar-refractivity contribution >= 4 is 11.8 Å². The maximum Gasteiger partial charge on any atom is 0.360 e. The number of carbonyl (C=O) groups is 1. The predicted molar refractivity (Wildman–Crippen MR) is 74.6 cm³/mol. The van der Waals surface area contributed by atoms with Gasteiger partial charge in [-0.15, -0.1) is 0 Å². The van der Waals surface area contributed by atoms with Gasteiger partial charge in [0, 0.05) is 12.6 Å². The number of carbonyl (C=O) groups excluding carboxylic acids is 1. The monoisotopic (exact) mass is 311 g/mol. The fourth-order valence-electron chi connectivity index (χ4n) is 2.27. The summed E-state index contributed by atoms with van der Waals surface area (Å²) in [5.41, 5.74) is 2.68. The van der Waals surface area contributed by atoms with E-state index in [0.717, 1.165) is 4.57 Å². The molecule has 0 amide bonds. The van der Waals surface area contributed by atoms with Crippen molar-refractivity contribution in [2.24, 2.45) is 0 Å². The lowest BCUT2D eigenvalue weighted by atomic mass is 10.1. The Hall–Kier alpha value is -2.23. The number of anilines is 1. The highest BCUT2D eigenvalue weighted by Crippen LogP contribution is 2.35. The summed E-state index contributed by atoms with van der Waals surface area (Å²) in [7, 11) is 0. The van der Waals surface area contributed by atoms with Gasteiger partial charge in [0.25, 0.3) is 5.72 Å². The van der Waals surface area contributed by atoms with Gasteiger partial charge in [0.15, 0.2) is 0 Å². The largest absolute Gasteiger partial charge is 0.458 e. The zero-order valence-corrected chi connectivity index (χ0v) is 11.7. The van der Waals surface area contributed by atoms with Crippen LogP contribution in [-0.4, -0.2) is 51.2 Å². The highest BCUT2D eigenvalue weighted by Gasteiger charge is 2.54. The minimum Gasteiger partial charge on any atom is -0.458 e. The first-order chi connectivity index (χ1) is 10.4. The Morgan fingerprint density at radius 2 is 2.45 bits per heavy atom. The van der Waals surface area contributed by atoms with Crippen LogP contribution in [0.15, 0.2) is 29.7 Å². The average molecular weight is 311 g/mol. The Bertz CT molecular complexity index is 630. The van der Waals surface area contributed by atoms with Crippen LogP contribution in [0.4, 0.5) is 5.82 Å². The summed E-state index contributed by atoms with van der Waals surface area (Å²) in [5, 5.41) is 19.1. The molecule has 120 valence electrons. The highest BCUT2D eigenvalue weighted by molar-refractivity contribution is 5.78. The van der Waals surface area contributed by atoms with Crippen molar-refractivity contribution in [1.29, 1.82) is 0 Å². The number of esters is 1. The van der Waals surface area contributed by atoms with E-state index in [-0.39, 0.29) is 18.8 Å². The van der Waals surface area contributed by atoms with Crippen LogP contribution in [0.25, 0.3) is 0 Å². The van der Waals surface area contributed by atoms with Crippen LogP contribution in [0.2, 0.25) is 0 Å². The van der Waals surface area contributed by atoms with E-state index in [1.165, 1.54) is 18.3 Å². The third-order valence-corrected chi connectivity index (χ3v) is 3.31. The Kier molecular flexibility index (Phi) is 4.59. The van der Waals surface area contributed by atoms with Crippen molar-refractivity contribution in [3.63, 3.8) is 0 Å². The van der Waals surface area contributed by atoms with Crippen LogP contribution in [0, 0.1) is 0 Å². The summed E-state index contributed by atoms with van der Waals surface area (Å²) in [4.78, 5) is 27.9. The van der Waals surface area contributed by atoms with E-state index >= 15 is 0 Å². The molecule has 0 unspecified atom stereocenters. The molecule has 0 bridgehead atoms. The fourth-order valence-corrected chi connectivity index (χ4v) is 2.27. The van der Waals surface area contributed by atoms with Gasteiger partial charge in [-0.3, -0.25) is 4.57 Å². The van der Waals surface area contributed by atoms with E-state index in [4.69, 9.17) is 15.2 Å². The standard InChI is InChI=1S/C13H17N3O6/c1-2-5-21-11(19)13(6-8(18)9(7-17)22-13)16-4-3-10(14)15-12(16)20/h2-4,8-9,17-18H,1,5-7H2,(H2,14,15,20)/t8-,9+,13-/m0/s1. The van der Waals surface area contributed by atoms with E-state index in [1.54, 1.807) is 0 Å². The minimum absolute atomic E-state index is 0.0203. The molecule has 2 heterocycles. The zero-order chi connectivity index (χ0) is 16.3. The molecular weight excluding hydrogens is 294 g/mol. The van der Waals surface area contributed by atoms with Gasteiger partial charge in [-0.1, -0.05) is 12.7 Å². The third-order valence-electron chi connectivity index (χ3n) is 3.31. The van der Waals surface area contributed by atoms with Crippen molar-refractivity contribution in [1.82, 2.24) is 9.55 Å². The SMILES string of the molecule is C=CCOC(=O)[C@]1(n2ccc(N)nc2=O)C[C@H](O)[C@@H](CO)O1. The molecule has 9 heteroatoms. The highest BCUT2D eigenvalue weighted by atomic mass is 16.6. The van der Waals surface area contributed by atoms with E-state index in [9.17, 15) is 19.8 Å². The molecule has 0 saturated carbocycles. The molecule has 0 aromatic carbocycles. The van der Waals surface area contributed by atoms with Crippen molar-refractivity contribution in [3.05, 3.63) is 35.4 Å². The number of nitrogens with two attached hydrogens (primary N) is 1. The summed E-state index contributed by atoms with van der Waals surface area (Å²) < 4.78 is 11.3. The second-order valence-corrected chi connectivity index (χ2v) is 4.79. The lowest BCUT2D eigenvalue weighted by molar-refractivity contribution is -0.188. The Labute approximate surface area is 125 Å². The molecule has 1 saturated heterocycles. The number of aliphatic hydroxyl groups excluding tert-OH is 2. The number of rotatable bonds is 5. The number of hydrogen-bond donors (Lipinski definition) is 3. The second kappa shape index (κ2) is 6.26. The molecule has 0 aliphatic carbocycles.